The van der Waals surface area contributed by atoms with Gasteiger partial charge in [0.05, 0.1) is 0 Å². The normalized spacial score (nSPS) is 9.27. The van der Waals surface area contributed by atoms with Gasteiger partial charge in [0.15, 0.2) is 0 Å². The SMILES string of the molecule is [C-]#[N+]c1cc(C)c(C)c(Cl)n1. The largest absolute Gasteiger partial charge is 0.361 e. The van der Waals surface area contributed by atoms with Crippen molar-refractivity contribution in [2.45, 2.75) is 13.8 Å². The molecule has 0 radical (unpaired) electrons. The van der Waals surface area contributed by atoms with Gasteiger partial charge in [0.2, 0.25) is 5.15 Å². The highest BCUT2D eigenvalue weighted by Crippen LogP contribution is 2.21. The van der Waals surface area contributed by atoms with Crippen LogP contribution < -0.4 is 0 Å². The zero-order valence-corrected chi connectivity index (χ0v) is 7.11. The fourth-order valence-electron chi connectivity index (χ4n) is 0.739. The Labute approximate surface area is 70.7 Å². The summed E-state index contributed by atoms with van der Waals surface area (Å²) < 4.78 is 0. The van der Waals surface area contributed by atoms with E-state index in [9.17, 15) is 0 Å². The van der Waals surface area contributed by atoms with E-state index in [-0.39, 0.29) is 0 Å². The Morgan fingerprint density at radius 3 is 2.64 bits per heavy atom. The van der Waals surface area contributed by atoms with E-state index in [1.54, 1.807) is 6.07 Å². The van der Waals surface area contributed by atoms with Gasteiger partial charge in [0, 0.05) is 5.56 Å². The van der Waals surface area contributed by atoms with E-state index >= 15 is 0 Å². The minimum Gasteiger partial charge on any atom is -0.361 e. The second kappa shape index (κ2) is 2.89. The third kappa shape index (κ3) is 1.50. The Morgan fingerprint density at radius 1 is 1.55 bits per heavy atom. The van der Waals surface area contributed by atoms with Crippen LogP contribution in [-0.2, 0) is 0 Å². The van der Waals surface area contributed by atoms with E-state index in [2.05, 4.69) is 9.83 Å². The topological polar surface area (TPSA) is 17.2 Å². The van der Waals surface area contributed by atoms with E-state index in [1.807, 2.05) is 13.8 Å². The molecule has 0 fully saturated rings. The molecule has 0 aliphatic heterocycles. The Morgan fingerprint density at radius 2 is 2.18 bits per heavy atom. The van der Waals surface area contributed by atoms with Gasteiger partial charge in [-0.05, 0) is 31.5 Å². The van der Waals surface area contributed by atoms with E-state index in [0.29, 0.717) is 11.0 Å². The van der Waals surface area contributed by atoms with Crippen molar-refractivity contribution in [3.8, 4) is 0 Å². The van der Waals surface area contributed by atoms with Crippen LogP contribution in [0.25, 0.3) is 4.85 Å². The number of aryl methyl sites for hydroxylation is 1. The van der Waals surface area contributed by atoms with Gasteiger partial charge in [-0.3, -0.25) is 0 Å². The summed E-state index contributed by atoms with van der Waals surface area (Å²) >= 11 is 5.74. The van der Waals surface area contributed by atoms with Crippen molar-refractivity contribution in [3.05, 3.63) is 33.8 Å². The molecule has 0 aliphatic carbocycles. The molecule has 1 aromatic heterocycles. The maximum absolute atomic E-state index is 6.71. The molecule has 0 atom stereocenters. The van der Waals surface area contributed by atoms with Crippen LogP contribution >= 0.6 is 11.6 Å². The highest BCUT2D eigenvalue weighted by molar-refractivity contribution is 6.30. The summed E-state index contributed by atoms with van der Waals surface area (Å²) in [5.41, 5.74) is 1.95. The first-order valence-corrected chi connectivity index (χ1v) is 3.54. The third-order valence-corrected chi connectivity index (χ3v) is 1.94. The molecule has 11 heavy (non-hydrogen) atoms. The maximum atomic E-state index is 6.71. The first-order valence-electron chi connectivity index (χ1n) is 3.16. The lowest BCUT2D eigenvalue weighted by atomic mass is 10.2. The molecule has 0 saturated carbocycles. The fourth-order valence-corrected chi connectivity index (χ4v) is 0.974. The van der Waals surface area contributed by atoms with Gasteiger partial charge in [0.25, 0.3) is 5.82 Å². The molecule has 0 bridgehead atoms. The van der Waals surface area contributed by atoms with Gasteiger partial charge in [0.1, 0.15) is 0 Å². The molecule has 3 heteroatoms. The van der Waals surface area contributed by atoms with Crippen molar-refractivity contribution in [1.82, 2.24) is 4.98 Å². The number of hydrogen-bond acceptors (Lipinski definition) is 1. The highest BCUT2D eigenvalue weighted by Gasteiger charge is 2.05. The molecule has 0 spiro atoms. The minimum atomic E-state index is 0.359. The molecule has 0 amide bonds. The molecular formula is C8H7ClN2. The van der Waals surface area contributed by atoms with Crippen LogP contribution in [-0.4, -0.2) is 4.98 Å². The van der Waals surface area contributed by atoms with Crippen molar-refractivity contribution >= 4 is 17.4 Å². The molecule has 56 valence electrons. The van der Waals surface area contributed by atoms with Crippen molar-refractivity contribution < 1.29 is 0 Å². The minimum absolute atomic E-state index is 0.359. The predicted molar refractivity (Wildman–Crippen MR) is 45.0 cm³/mol. The van der Waals surface area contributed by atoms with Crippen molar-refractivity contribution in [2.75, 3.05) is 0 Å². The average Bonchev–Trinajstić information content (AvgIpc) is 1.99. The quantitative estimate of drug-likeness (QED) is 0.428. The monoisotopic (exact) mass is 166 g/mol. The average molecular weight is 167 g/mol. The molecule has 1 heterocycles. The lowest BCUT2D eigenvalue weighted by molar-refractivity contribution is 1.23. The number of pyridine rings is 1. The first-order chi connectivity index (χ1) is 5.15. The van der Waals surface area contributed by atoms with Crippen molar-refractivity contribution in [1.29, 1.82) is 0 Å². The third-order valence-electron chi connectivity index (χ3n) is 1.57. The zero-order valence-electron chi connectivity index (χ0n) is 6.35. The summed E-state index contributed by atoms with van der Waals surface area (Å²) in [6.07, 6.45) is 0. The van der Waals surface area contributed by atoms with Crippen LogP contribution in [0, 0.1) is 20.4 Å². The van der Waals surface area contributed by atoms with Crippen LogP contribution in [0.4, 0.5) is 5.82 Å². The maximum Gasteiger partial charge on any atom is 0.271 e. The number of rotatable bonds is 0. The molecule has 0 unspecified atom stereocenters. The van der Waals surface area contributed by atoms with Gasteiger partial charge in [-0.1, -0.05) is 12.1 Å². The number of aromatic nitrogens is 1. The van der Waals surface area contributed by atoms with Crippen LogP contribution in [0.2, 0.25) is 5.15 Å². The summed E-state index contributed by atoms with van der Waals surface area (Å²) in [6, 6.07) is 1.73. The highest BCUT2D eigenvalue weighted by atomic mass is 35.5. The van der Waals surface area contributed by atoms with Crippen LogP contribution in [0.1, 0.15) is 11.1 Å². The molecule has 0 N–H and O–H groups in total. The zero-order chi connectivity index (χ0) is 8.43. The summed E-state index contributed by atoms with van der Waals surface area (Å²) in [4.78, 5) is 7.05. The lowest BCUT2D eigenvalue weighted by Crippen LogP contribution is -1.85. The molecule has 0 aromatic carbocycles. The fraction of sp³-hybridized carbons (Fsp3) is 0.250. The van der Waals surface area contributed by atoms with Crippen LogP contribution in [0.15, 0.2) is 6.07 Å². The van der Waals surface area contributed by atoms with Crippen molar-refractivity contribution in [3.63, 3.8) is 0 Å². The molecular weight excluding hydrogens is 160 g/mol. The standard InChI is InChI=1S/C8H7ClN2/c1-5-4-7(10-3)11-8(9)6(5)2/h4H,1-2H3. The summed E-state index contributed by atoms with van der Waals surface area (Å²) in [5, 5.41) is 0.427. The van der Waals surface area contributed by atoms with Crippen molar-refractivity contribution in [2.24, 2.45) is 0 Å². The predicted octanol–water partition coefficient (Wildman–Crippen LogP) is 2.90. The second-order valence-corrected chi connectivity index (χ2v) is 2.68. The Balaban J connectivity index is 3.35. The van der Waals surface area contributed by atoms with Crippen LogP contribution in [0.5, 0.6) is 0 Å². The van der Waals surface area contributed by atoms with Gasteiger partial charge in [-0.2, -0.15) is 0 Å². The second-order valence-electron chi connectivity index (χ2n) is 2.32. The van der Waals surface area contributed by atoms with Gasteiger partial charge in [-0.25, -0.2) is 0 Å². The van der Waals surface area contributed by atoms with Gasteiger partial charge < -0.3 is 4.85 Å². The van der Waals surface area contributed by atoms with Gasteiger partial charge in [-0.15, -0.1) is 4.98 Å². The summed E-state index contributed by atoms with van der Waals surface area (Å²) in [6.45, 7) is 10.5. The molecule has 0 saturated heterocycles. The molecule has 1 aromatic rings. The molecule has 0 aliphatic rings. The van der Waals surface area contributed by atoms with Crippen LogP contribution in [0.3, 0.4) is 0 Å². The summed E-state index contributed by atoms with van der Waals surface area (Å²) in [7, 11) is 0. The summed E-state index contributed by atoms with van der Waals surface area (Å²) in [5.74, 6) is 0.359. The Kier molecular flexibility index (Phi) is 2.11. The smallest absolute Gasteiger partial charge is 0.271 e. The van der Waals surface area contributed by atoms with E-state index in [4.69, 9.17) is 18.2 Å². The first kappa shape index (κ1) is 8.03. The molecule has 1 rings (SSSR count). The Bertz CT molecular complexity index is 302. The lowest BCUT2D eigenvalue weighted by Gasteiger charge is -1.98. The Hall–Kier alpha value is -1.07. The van der Waals surface area contributed by atoms with Gasteiger partial charge >= 0.3 is 0 Å². The number of hydrogen-bond donors (Lipinski definition) is 0. The van der Waals surface area contributed by atoms with E-state index in [1.165, 1.54) is 0 Å². The number of nitrogens with zero attached hydrogens (tertiary/aromatic N) is 2. The number of halogens is 1. The van der Waals surface area contributed by atoms with E-state index in [0.717, 1.165) is 11.1 Å². The van der Waals surface area contributed by atoms with E-state index < -0.39 is 0 Å². The molecule has 2 nitrogen and oxygen atoms in total.